The molecule has 7 N–H and O–H groups in total. The minimum Gasteiger partial charge on any atom is -0.399 e. The lowest BCUT2D eigenvalue weighted by atomic mass is 10.0. The van der Waals surface area contributed by atoms with Crippen molar-refractivity contribution in [1.29, 1.82) is 0 Å². The maximum Gasteiger partial charge on any atom is 0.258 e. The Labute approximate surface area is 156 Å². The second kappa shape index (κ2) is 6.62. The molecule has 7 heteroatoms. The highest BCUT2D eigenvalue weighted by atomic mass is 16.2. The first-order valence-electron chi connectivity index (χ1n) is 8.57. The maximum absolute atomic E-state index is 12.4. The van der Waals surface area contributed by atoms with Crippen LogP contribution in [0.5, 0.6) is 0 Å². The van der Waals surface area contributed by atoms with Crippen molar-refractivity contribution in [3.05, 3.63) is 77.5 Å². The fourth-order valence-electron chi connectivity index (χ4n) is 3.22. The topological polar surface area (TPSA) is 122 Å². The summed E-state index contributed by atoms with van der Waals surface area (Å²) in [6, 6.07) is 12.8. The lowest BCUT2D eigenvalue weighted by Gasteiger charge is -2.13. The van der Waals surface area contributed by atoms with Gasteiger partial charge in [0.05, 0.1) is 11.6 Å². The molecule has 0 saturated heterocycles. The lowest BCUT2D eigenvalue weighted by Crippen LogP contribution is -2.13. The highest BCUT2D eigenvalue weighted by Gasteiger charge is 2.26. The van der Waals surface area contributed by atoms with Crippen LogP contribution < -0.4 is 22.1 Å². The third-order valence-electron chi connectivity index (χ3n) is 4.58. The van der Waals surface area contributed by atoms with Gasteiger partial charge < -0.3 is 27.1 Å². The van der Waals surface area contributed by atoms with Gasteiger partial charge in [-0.3, -0.25) is 4.79 Å². The van der Waals surface area contributed by atoms with Gasteiger partial charge in [0.1, 0.15) is 5.82 Å². The first-order valence-corrected chi connectivity index (χ1v) is 8.57. The van der Waals surface area contributed by atoms with Crippen molar-refractivity contribution in [2.24, 2.45) is 5.73 Å². The molecule has 0 radical (unpaired) electrons. The molecular weight excluding hydrogens is 340 g/mol. The second-order valence-electron chi connectivity index (χ2n) is 6.46. The number of amides is 1. The third-order valence-corrected chi connectivity index (χ3v) is 4.58. The Morgan fingerprint density at radius 3 is 2.67 bits per heavy atom. The van der Waals surface area contributed by atoms with Gasteiger partial charge >= 0.3 is 0 Å². The Kier molecular flexibility index (Phi) is 4.13. The van der Waals surface area contributed by atoms with E-state index in [4.69, 9.17) is 11.5 Å². The highest BCUT2D eigenvalue weighted by Crippen LogP contribution is 2.35. The molecule has 1 atom stereocenters. The van der Waals surface area contributed by atoms with Crippen LogP contribution in [0.15, 0.2) is 60.6 Å². The molecule has 1 aliphatic rings. The number of aromatic nitrogens is 2. The average molecular weight is 360 g/mol. The van der Waals surface area contributed by atoms with Crippen LogP contribution in [-0.4, -0.2) is 15.9 Å². The van der Waals surface area contributed by atoms with Crippen LogP contribution in [0.2, 0.25) is 0 Å². The monoisotopic (exact) mass is 360 g/mol. The number of carbonyl (C=O) groups excluding carboxylic acids is 1. The van der Waals surface area contributed by atoms with Gasteiger partial charge in [-0.25, -0.2) is 4.98 Å². The van der Waals surface area contributed by atoms with E-state index < -0.39 is 0 Å². The Bertz CT molecular complexity index is 1020. The Hall–Kier alpha value is -3.58. The zero-order valence-corrected chi connectivity index (χ0v) is 14.8. The van der Waals surface area contributed by atoms with E-state index in [1.54, 1.807) is 24.5 Å². The normalized spacial score (nSPS) is 15.9. The molecule has 0 aliphatic carbocycles. The summed E-state index contributed by atoms with van der Waals surface area (Å²) >= 11 is 0. The summed E-state index contributed by atoms with van der Waals surface area (Å²) in [5, 5.41) is 6.15. The van der Waals surface area contributed by atoms with Gasteiger partial charge in [-0.15, -0.1) is 0 Å². The number of benzene rings is 2. The number of rotatable bonds is 4. The smallest absolute Gasteiger partial charge is 0.258 e. The molecule has 0 spiro atoms. The fraction of sp³-hybridized carbons (Fsp3) is 0.100. The Balaban J connectivity index is 1.58. The van der Waals surface area contributed by atoms with Gasteiger partial charge in [0.25, 0.3) is 5.91 Å². The van der Waals surface area contributed by atoms with Gasteiger partial charge in [0.15, 0.2) is 0 Å². The molecule has 1 unspecified atom stereocenters. The van der Waals surface area contributed by atoms with Crippen molar-refractivity contribution in [1.82, 2.24) is 9.97 Å². The molecule has 2 heterocycles. The summed E-state index contributed by atoms with van der Waals surface area (Å²) in [5.41, 5.74) is 17.4. The third kappa shape index (κ3) is 3.16. The first-order chi connectivity index (χ1) is 13.0. The van der Waals surface area contributed by atoms with Crippen molar-refractivity contribution in [2.45, 2.75) is 13.0 Å². The largest absolute Gasteiger partial charge is 0.399 e. The SMILES string of the molecule is CC(Nc1ccc(C(N)c2ncc[nH]2)cc1)=C1C(=O)Nc2ccc(N)cc21. The van der Waals surface area contributed by atoms with Crippen LogP contribution in [0.25, 0.3) is 5.57 Å². The molecular formula is C20H20N6O. The summed E-state index contributed by atoms with van der Waals surface area (Å²) in [6.07, 6.45) is 3.43. The van der Waals surface area contributed by atoms with Crippen LogP contribution in [0.1, 0.15) is 29.9 Å². The van der Waals surface area contributed by atoms with E-state index in [0.29, 0.717) is 17.1 Å². The van der Waals surface area contributed by atoms with E-state index in [-0.39, 0.29) is 11.9 Å². The van der Waals surface area contributed by atoms with Crippen LogP contribution in [0.4, 0.5) is 17.1 Å². The number of fused-ring (bicyclic) bond motifs is 1. The standard InChI is InChI=1S/C20H20N6O/c1-11(17-15-10-13(21)4-7-16(15)26-20(17)27)25-14-5-2-12(3-6-14)18(22)19-23-8-9-24-19/h2-10,18,25H,21-22H2,1H3,(H,23,24)(H,26,27). The number of imidazole rings is 1. The van der Waals surface area contributed by atoms with Gasteiger partial charge in [-0.1, -0.05) is 12.1 Å². The van der Waals surface area contributed by atoms with Crippen molar-refractivity contribution < 1.29 is 4.79 Å². The fourth-order valence-corrected chi connectivity index (χ4v) is 3.22. The molecule has 1 amide bonds. The van der Waals surface area contributed by atoms with Crippen molar-refractivity contribution in [3.63, 3.8) is 0 Å². The van der Waals surface area contributed by atoms with E-state index in [9.17, 15) is 4.79 Å². The number of hydrogen-bond acceptors (Lipinski definition) is 5. The number of H-pyrrole nitrogens is 1. The molecule has 7 nitrogen and oxygen atoms in total. The number of hydrogen-bond donors (Lipinski definition) is 5. The maximum atomic E-state index is 12.4. The zero-order chi connectivity index (χ0) is 19.0. The molecule has 0 saturated carbocycles. The number of anilines is 3. The van der Waals surface area contributed by atoms with E-state index in [1.165, 1.54) is 0 Å². The predicted octanol–water partition coefficient (Wildman–Crippen LogP) is 2.84. The number of nitrogen functional groups attached to an aromatic ring is 1. The number of carbonyl (C=O) groups is 1. The van der Waals surface area contributed by atoms with Gasteiger partial charge in [0.2, 0.25) is 0 Å². The van der Waals surface area contributed by atoms with E-state index in [2.05, 4.69) is 20.6 Å². The Morgan fingerprint density at radius 1 is 1.19 bits per heavy atom. The molecule has 0 fully saturated rings. The van der Waals surface area contributed by atoms with E-state index in [1.807, 2.05) is 37.3 Å². The van der Waals surface area contributed by atoms with Crippen LogP contribution in [-0.2, 0) is 4.79 Å². The van der Waals surface area contributed by atoms with Gasteiger partial charge in [-0.2, -0.15) is 0 Å². The van der Waals surface area contributed by atoms with Crippen molar-refractivity contribution in [2.75, 3.05) is 16.4 Å². The highest BCUT2D eigenvalue weighted by molar-refractivity contribution is 6.32. The molecule has 27 heavy (non-hydrogen) atoms. The molecule has 136 valence electrons. The first kappa shape index (κ1) is 16.9. The number of allylic oxidation sites excluding steroid dienone is 1. The molecule has 0 bridgehead atoms. The van der Waals surface area contributed by atoms with Gasteiger partial charge in [0, 0.05) is 40.7 Å². The van der Waals surface area contributed by atoms with E-state index >= 15 is 0 Å². The average Bonchev–Trinajstić information content (AvgIpc) is 3.29. The number of nitrogens with zero attached hydrogens (tertiary/aromatic N) is 1. The van der Waals surface area contributed by atoms with Crippen molar-refractivity contribution >= 4 is 28.5 Å². The van der Waals surface area contributed by atoms with Crippen LogP contribution in [0.3, 0.4) is 0 Å². The summed E-state index contributed by atoms with van der Waals surface area (Å²) in [4.78, 5) is 19.6. The summed E-state index contributed by atoms with van der Waals surface area (Å²) < 4.78 is 0. The molecule has 1 aliphatic heterocycles. The number of nitrogens with one attached hydrogen (secondary N) is 3. The van der Waals surface area contributed by atoms with Crippen molar-refractivity contribution in [3.8, 4) is 0 Å². The lowest BCUT2D eigenvalue weighted by molar-refractivity contribution is -0.110. The molecule has 1 aromatic heterocycles. The number of nitrogens with two attached hydrogens (primary N) is 2. The Morgan fingerprint density at radius 2 is 1.96 bits per heavy atom. The summed E-state index contributed by atoms with van der Waals surface area (Å²) in [6.45, 7) is 1.87. The second-order valence-corrected chi connectivity index (χ2v) is 6.46. The molecule has 2 aromatic carbocycles. The van der Waals surface area contributed by atoms with Crippen LogP contribution in [0, 0.1) is 0 Å². The molecule has 4 rings (SSSR count). The zero-order valence-electron chi connectivity index (χ0n) is 14.8. The summed E-state index contributed by atoms with van der Waals surface area (Å²) in [7, 11) is 0. The minimum absolute atomic E-state index is 0.142. The molecule has 3 aromatic rings. The quantitative estimate of drug-likeness (QED) is 0.362. The predicted molar refractivity (Wildman–Crippen MR) is 107 cm³/mol. The van der Waals surface area contributed by atoms with E-state index in [0.717, 1.165) is 28.2 Å². The number of aromatic amines is 1. The summed E-state index contributed by atoms with van der Waals surface area (Å²) in [5.74, 6) is 0.572. The van der Waals surface area contributed by atoms with Crippen LogP contribution >= 0.6 is 0 Å². The minimum atomic E-state index is -0.316. The van der Waals surface area contributed by atoms with Gasteiger partial charge in [-0.05, 0) is 42.8 Å².